The van der Waals surface area contributed by atoms with Gasteiger partial charge in [-0.15, -0.1) is 0 Å². The van der Waals surface area contributed by atoms with E-state index in [0.717, 1.165) is 5.75 Å². The molecule has 0 spiro atoms. The van der Waals surface area contributed by atoms with Crippen molar-refractivity contribution in [1.82, 2.24) is 0 Å². The first kappa shape index (κ1) is 13.6. The van der Waals surface area contributed by atoms with Crippen LogP contribution in [0, 0.1) is 13.8 Å². The topological polar surface area (TPSA) is 13.1 Å². The first-order valence-corrected chi connectivity index (χ1v) is 6.72. The molecule has 0 radical (unpaired) electrons. The minimum absolute atomic E-state index is 0.174. The molecule has 0 fully saturated rings. The van der Waals surface area contributed by atoms with Crippen LogP contribution in [-0.4, -0.2) is 6.10 Å². The largest absolute Gasteiger partial charge is 0.490 e. The molecule has 1 aromatic carbocycles. The average molecular weight is 256 g/mol. The molecule has 2 nitrogen and oxygen atoms in total. The van der Waals surface area contributed by atoms with Gasteiger partial charge in [0.2, 0.25) is 5.69 Å². The Bertz CT molecular complexity index is 588. The fourth-order valence-corrected chi connectivity index (χ4v) is 2.27. The highest BCUT2D eigenvalue weighted by Crippen LogP contribution is 2.34. The molecule has 0 amide bonds. The molecule has 0 saturated heterocycles. The quantitative estimate of drug-likeness (QED) is 0.765. The van der Waals surface area contributed by atoms with Gasteiger partial charge < -0.3 is 4.74 Å². The molecule has 1 heterocycles. The molecule has 19 heavy (non-hydrogen) atoms. The number of hydrogen-bond donors (Lipinski definition) is 0. The summed E-state index contributed by atoms with van der Waals surface area (Å²) in [5.74, 6) is 0.997. The lowest BCUT2D eigenvalue weighted by molar-refractivity contribution is -0.660. The molecular formula is C17H22NO+. The van der Waals surface area contributed by atoms with Crippen molar-refractivity contribution in [2.75, 3.05) is 0 Å². The number of benzene rings is 1. The van der Waals surface area contributed by atoms with Gasteiger partial charge in [0.25, 0.3) is 0 Å². The predicted molar refractivity (Wildman–Crippen MR) is 78.3 cm³/mol. The Labute approximate surface area is 115 Å². The summed E-state index contributed by atoms with van der Waals surface area (Å²) in [6.07, 6.45) is 2.24. The molecule has 0 aliphatic rings. The molecule has 2 heteroatoms. The zero-order valence-corrected chi connectivity index (χ0v) is 12.4. The van der Waals surface area contributed by atoms with Gasteiger partial charge in [-0.25, -0.2) is 4.57 Å². The van der Waals surface area contributed by atoms with Gasteiger partial charge in [0.15, 0.2) is 6.20 Å². The highest BCUT2D eigenvalue weighted by Gasteiger charge is 2.19. The highest BCUT2D eigenvalue weighted by molar-refractivity contribution is 5.71. The normalized spacial score (nSPS) is 10.8. The molecule has 0 unspecified atom stereocenters. The third-order valence-electron chi connectivity index (χ3n) is 3.23. The van der Waals surface area contributed by atoms with Gasteiger partial charge in [-0.3, -0.25) is 0 Å². The molecule has 0 saturated carbocycles. The van der Waals surface area contributed by atoms with Crippen molar-refractivity contribution < 1.29 is 9.30 Å². The van der Waals surface area contributed by atoms with Gasteiger partial charge in [0, 0.05) is 12.1 Å². The second-order valence-electron chi connectivity index (χ2n) is 5.27. The zero-order chi connectivity index (χ0) is 14.0. The molecule has 1 aromatic heterocycles. The SMILES string of the molecule is Cc1ccc(C)c(-c2cccc[n+]2C)c1OC(C)C. The number of rotatable bonds is 3. The Morgan fingerprint density at radius 3 is 2.32 bits per heavy atom. The maximum Gasteiger partial charge on any atom is 0.216 e. The number of hydrogen-bond acceptors (Lipinski definition) is 1. The van der Waals surface area contributed by atoms with Crippen LogP contribution in [0.1, 0.15) is 25.0 Å². The highest BCUT2D eigenvalue weighted by atomic mass is 16.5. The molecule has 2 rings (SSSR count). The van der Waals surface area contributed by atoms with E-state index >= 15 is 0 Å². The van der Waals surface area contributed by atoms with Gasteiger partial charge in [0.1, 0.15) is 12.8 Å². The zero-order valence-electron chi connectivity index (χ0n) is 12.4. The van der Waals surface area contributed by atoms with Gasteiger partial charge >= 0.3 is 0 Å². The van der Waals surface area contributed by atoms with Crippen molar-refractivity contribution in [2.45, 2.75) is 33.8 Å². The Kier molecular flexibility index (Phi) is 3.89. The lowest BCUT2D eigenvalue weighted by Crippen LogP contribution is -2.30. The second kappa shape index (κ2) is 5.43. The minimum Gasteiger partial charge on any atom is -0.490 e. The first-order chi connectivity index (χ1) is 9.00. The number of nitrogens with zero attached hydrogens (tertiary/aromatic N) is 1. The Hall–Kier alpha value is -1.83. The predicted octanol–water partition coefficient (Wildman–Crippen LogP) is 3.58. The van der Waals surface area contributed by atoms with Crippen LogP contribution >= 0.6 is 0 Å². The third-order valence-corrected chi connectivity index (χ3v) is 3.23. The van der Waals surface area contributed by atoms with Crippen LogP contribution in [-0.2, 0) is 7.05 Å². The molecule has 0 aliphatic heterocycles. The standard InChI is InChI=1S/C17H22NO/c1-12(2)19-17-14(4)10-9-13(3)16(17)15-8-6-7-11-18(15)5/h6-12H,1-5H3/q+1. The fourth-order valence-electron chi connectivity index (χ4n) is 2.27. The van der Waals surface area contributed by atoms with E-state index in [1.807, 2.05) is 6.07 Å². The monoisotopic (exact) mass is 256 g/mol. The fraction of sp³-hybridized carbons (Fsp3) is 0.353. The lowest BCUT2D eigenvalue weighted by Gasteiger charge is -2.17. The maximum absolute atomic E-state index is 6.05. The lowest BCUT2D eigenvalue weighted by atomic mass is 10.00. The van der Waals surface area contributed by atoms with Crippen LogP contribution in [0.4, 0.5) is 0 Å². The molecular weight excluding hydrogens is 234 g/mol. The van der Waals surface area contributed by atoms with Gasteiger partial charge in [0.05, 0.1) is 11.7 Å². The summed E-state index contributed by atoms with van der Waals surface area (Å²) in [5, 5.41) is 0. The minimum atomic E-state index is 0.174. The van der Waals surface area contributed by atoms with Gasteiger partial charge in [-0.1, -0.05) is 12.1 Å². The van der Waals surface area contributed by atoms with Crippen LogP contribution in [0.3, 0.4) is 0 Å². The summed E-state index contributed by atoms with van der Waals surface area (Å²) in [6, 6.07) is 10.5. The summed E-state index contributed by atoms with van der Waals surface area (Å²) in [6.45, 7) is 8.37. The smallest absolute Gasteiger partial charge is 0.216 e. The molecule has 100 valence electrons. The maximum atomic E-state index is 6.05. The van der Waals surface area contributed by atoms with Gasteiger partial charge in [-0.2, -0.15) is 0 Å². The van der Waals surface area contributed by atoms with E-state index in [2.05, 4.69) is 69.8 Å². The summed E-state index contributed by atoms with van der Waals surface area (Å²) in [7, 11) is 2.07. The number of pyridine rings is 1. The van der Waals surface area contributed by atoms with E-state index in [4.69, 9.17) is 4.74 Å². The van der Waals surface area contributed by atoms with Crippen molar-refractivity contribution in [3.05, 3.63) is 47.7 Å². The molecule has 0 N–H and O–H groups in total. The van der Waals surface area contributed by atoms with Crippen LogP contribution < -0.4 is 9.30 Å². The van der Waals surface area contributed by atoms with Crippen molar-refractivity contribution >= 4 is 0 Å². The van der Waals surface area contributed by atoms with Crippen LogP contribution in [0.5, 0.6) is 5.75 Å². The summed E-state index contributed by atoms with van der Waals surface area (Å²) >= 11 is 0. The van der Waals surface area contributed by atoms with Gasteiger partial charge in [-0.05, 0) is 44.9 Å². The Morgan fingerprint density at radius 1 is 1.00 bits per heavy atom. The second-order valence-corrected chi connectivity index (χ2v) is 5.27. The summed E-state index contributed by atoms with van der Waals surface area (Å²) < 4.78 is 8.19. The van der Waals surface area contributed by atoms with Crippen molar-refractivity contribution in [2.24, 2.45) is 7.05 Å². The van der Waals surface area contributed by atoms with E-state index in [9.17, 15) is 0 Å². The first-order valence-electron chi connectivity index (χ1n) is 6.72. The Morgan fingerprint density at radius 2 is 1.68 bits per heavy atom. The van der Waals surface area contributed by atoms with E-state index in [0.29, 0.717) is 0 Å². The molecule has 2 aromatic rings. The summed E-state index contributed by atoms with van der Waals surface area (Å²) in [5.41, 5.74) is 4.79. The number of aromatic nitrogens is 1. The van der Waals surface area contributed by atoms with E-state index in [-0.39, 0.29) is 6.10 Å². The van der Waals surface area contributed by atoms with Crippen molar-refractivity contribution in [3.63, 3.8) is 0 Å². The summed E-state index contributed by atoms with van der Waals surface area (Å²) in [4.78, 5) is 0. The van der Waals surface area contributed by atoms with Crippen LogP contribution in [0.2, 0.25) is 0 Å². The third kappa shape index (κ3) is 2.78. The average Bonchev–Trinajstić information content (AvgIpc) is 2.35. The van der Waals surface area contributed by atoms with Crippen LogP contribution in [0.15, 0.2) is 36.5 Å². The number of ether oxygens (including phenoxy) is 1. The molecule has 0 bridgehead atoms. The Balaban J connectivity index is 2.68. The van der Waals surface area contributed by atoms with Crippen molar-refractivity contribution in [1.29, 1.82) is 0 Å². The van der Waals surface area contributed by atoms with Crippen LogP contribution in [0.25, 0.3) is 11.3 Å². The van der Waals surface area contributed by atoms with E-state index in [1.165, 1.54) is 22.4 Å². The van der Waals surface area contributed by atoms with E-state index < -0.39 is 0 Å². The van der Waals surface area contributed by atoms with Crippen molar-refractivity contribution in [3.8, 4) is 17.0 Å². The molecule has 0 atom stereocenters. The van der Waals surface area contributed by atoms with E-state index in [1.54, 1.807) is 0 Å². The molecule has 0 aliphatic carbocycles. The number of aryl methyl sites for hydroxylation is 3.